The Bertz CT molecular complexity index is 1500. The van der Waals surface area contributed by atoms with Gasteiger partial charge in [0.2, 0.25) is 0 Å². The summed E-state index contributed by atoms with van der Waals surface area (Å²) in [5, 5.41) is 0.470. The summed E-state index contributed by atoms with van der Waals surface area (Å²) in [6.07, 6.45) is 1.78. The third-order valence-electron chi connectivity index (χ3n) is 5.80. The predicted octanol–water partition coefficient (Wildman–Crippen LogP) is 3.92. The molecule has 0 saturated heterocycles. The zero-order valence-electron chi connectivity index (χ0n) is 20.9. The Kier molecular flexibility index (Phi) is 7.66. The number of benzene rings is 2. The van der Waals surface area contributed by atoms with Gasteiger partial charge in [-0.2, -0.15) is 0 Å². The van der Waals surface area contributed by atoms with E-state index < -0.39 is 12.0 Å². The van der Waals surface area contributed by atoms with Crippen LogP contribution in [0.15, 0.2) is 63.5 Å². The maximum absolute atomic E-state index is 13.7. The molecule has 0 N–H and O–H groups in total. The van der Waals surface area contributed by atoms with Crippen molar-refractivity contribution >= 4 is 40.7 Å². The van der Waals surface area contributed by atoms with Crippen LogP contribution in [0.1, 0.15) is 37.9 Å². The van der Waals surface area contributed by atoms with Gasteiger partial charge in [0.05, 0.1) is 40.1 Å². The quantitative estimate of drug-likeness (QED) is 0.437. The zero-order valence-corrected chi connectivity index (χ0v) is 22.4. The second-order valence-corrected chi connectivity index (χ2v) is 9.83. The number of thiazole rings is 1. The minimum absolute atomic E-state index is 0.227. The summed E-state index contributed by atoms with van der Waals surface area (Å²) in [5.74, 6) is 0.113. The highest BCUT2D eigenvalue weighted by molar-refractivity contribution is 7.07. The Morgan fingerprint density at radius 3 is 2.50 bits per heavy atom. The number of hydrogen-bond donors (Lipinski definition) is 0. The molecule has 188 valence electrons. The van der Waals surface area contributed by atoms with E-state index >= 15 is 0 Å². The first-order valence-electron chi connectivity index (χ1n) is 11.6. The van der Waals surface area contributed by atoms with Gasteiger partial charge in [0.1, 0.15) is 5.75 Å². The van der Waals surface area contributed by atoms with Gasteiger partial charge < -0.3 is 14.4 Å². The van der Waals surface area contributed by atoms with Crippen LogP contribution in [-0.4, -0.2) is 37.8 Å². The van der Waals surface area contributed by atoms with E-state index in [0.29, 0.717) is 38.0 Å². The van der Waals surface area contributed by atoms with E-state index in [4.69, 9.17) is 21.1 Å². The summed E-state index contributed by atoms with van der Waals surface area (Å²) < 4.78 is 12.9. The predicted molar refractivity (Wildman–Crippen MR) is 144 cm³/mol. The molecule has 4 rings (SSSR count). The van der Waals surface area contributed by atoms with Crippen molar-refractivity contribution in [2.24, 2.45) is 4.99 Å². The fourth-order valence-electron chi connectivity index (χ4n) is 4.09. The van der Waals surface area contributed by atoms with Crippen molar-refractivity contribution in [2.45, 2.75) is 26.8 Å². The molecule has 2 aromatic carbocycles. The lowest BCUT2D eigenvalue weighted by molar-refractivity contribution is -0.139. The third kappa shape index (κ3) is 4.96. The van der Waals surface area contributed by atoms with Crippen molar-refractivity contribution in [1.82, 2.24) is 4.57 Å². The molecule has 0 unspecified atom stereocenters. The minimum Gasteiger partial charge on any atom is -0.492 e. The summed E-state index contributed by atoms with van der Waals surface area (Å²) in [6.45, 7) is 6.16. The van der Waals surface area contributed by atoms with Crippen molar-refractivity contribution in [3.8, 4) is 5.75 Å². The third-order valence-corrected chi connectivity index (χ3v) is 7.07. The fraction of sp³-hybridized carbons (Fsp3) is 0.296. The minimum atomic E-state index is -0.650. The molecule has 1 atom stereocenters. The van der Waals surface area contributed by atoms with E-state index in [1.165, 1.54) is 11.3 Å². The number of allylic oxidation sites excluding steroid dienone is 1. The van der Waals surface area contributed by atoms with Crippen LogP contribution in [0.25, 0.3) is 6.08 Å². The van der Waals surface area contributed by atoms with Crippen LogP contribution in [0, 0.1) is 0 Å². The number of rotatable bonds is 7. The molecule has 0 radical (unpaired) electrons. The molecule has 0 spiro atoms. The number of anilines is 1. The maximum atomic E-state index is 13.7. The number of aromatic nitrogens is 1. The second-order valence-electron chi connectivity index (χ2n) is 8.41. The number of esters is 1. The summed E-state index contributed by atoms with van der Waals surface area (Å²) in [6, 6.07) is 12.5. The molecule has 0 bridgehead atoms. The summed E-state index contributed by atoms with van der Waals surface area (Å²) in [4.78, 5) is 33.9. The Hall–Kier alpha value is -3.36. The Balaban J connectivity index is 1.89. The van der Waals surface area contributed by atoms with Gasteiger partial charge in [-0.3, -0.25) is 9.36 Å². The van der Waals surface area contributed by atoms with Gasteiger partial charge in [0.15, 0.2) is 4.80 Å². The van der Waals surface area contributed by atoms with Gasteiger partial charge >= 0.3 is 5.97 Å². The normalized spacial score (nSPS) is 15.4. The van der Waals surface area contributed by atoms with Gasteiger partial charge in [0, 0.05) is 19.8 Å². The Morgan fingerprint density at radius 2 is 1.89 bits per heavy atom. The van der Waals surface area contributed by atoms with Crippen LogP contribution in [0.2, 0.25) is 5.02 Å². The van der Waals surface area contributed by atoms with E-state index in [9.17, 15) is 9.59 Å². The van der Waals surface area contributed by atoms with Crippen molar-refractivity contribution < 1.29 is 14.3 Å². The standard InChI is InChI=1S/C27H28ClN3O4S/c1-6-34-21-13-8-17(14-20(21)28)15-22-25(32)31-24(18-9-11-19(12-10-18)30(4)5)23(26(33)35-7-2)16(3)29-27(31)36-22/h8-15,24H,6-7H2,1-5H3/b22-15-/t24-/m0/s1. The number of hydrogen-bond acceptors (Lipinski definition) is 7. The summed E-state index contributed by atoms with van der Waals surface area (Å²) in [7, 11) is 3.92. The SMILES string of the molecule is CCOC(=O)C1=C(C)N=c2s/c(=C\c3ccc(OCC)c(Cl)c3)c(=O)n2[C@H]1c1ccc(N(C)C)cc1. The van der Waals surface area contributed by atoms with Crippen molar-refractivity contribution in [2.75, 3.05) is 32.2 Å². The van der Waals surface area contributed by atoms with Gasteiger partial charge in [-0.25, -0.2) is 9.79 Å². The van der Waals surface area contributed by atoms with E-state index in [1.54, 1.807) is 36.6 Å². The van der Waals surface area contributed by atoms with E-state index in [-0.39, 0.29) is 12.2 Å². The molecular formula is C27H28ClN3O4S. The second kappa shape index (κ2) is 10.7. The highest BCUT2D eigenvalue weighted by atomic mass is 35.5. The van der Waals surface area contributed by atoms with E-state index in [0.717, 1.165) is 16.8 Å². The lowest BCUT2D eigenvalue weighted by Crippen LogP contribution is -2.39. The first-order valence-corrected chi connectivity index (χ1v) is 12.8. The molecule has 0 fully saturated rings. The molecule has 1 aliphatic rings. The highest BCUT2D eigenvalue weighted by Crippen LogP contribution is 2.31. The molecule has 1 aliphatic heterocycles. The largest absolute Gasteiger partial charge is 0.492 e. The topological polar surface area (TPSA) is 73.1 Å². The van der Waals surface area contributed by atoms with Crippen LogP contribution >= 0.6 is 22.9 Å². The number of ether oxygens (including phenoxy) is 2. The van der Waals surface area contributed by atoms with Crippen molar-refractivity contribution in [3.05, 3.63) is 89.6 Å². The number of carbonyl (C=O) groups excluding carboxylic acids is 1. The number of halogens is 1. The molecule has 9 heteroatoms. The lowest BCUT2D eigenvalue weighted by Gasteiger charge is -2.25. The van der Waals surface area contributed by atoms with Gasteiger partial charge in [0.25, 0.3) is 5.56 Å². The van der Waals surface area contributed by atoms with E-state index in [2.05, 4.69) is 4.99 Å². The first-order chi connectivity index (χ1) is 17.2. The molecule has 1 aromatic heterocycles. The molecule has 0 aliphatic carbocycles. The van der Waals surface area contributed by atoms with Crippen LogP contribution in [0.4, 0.5) is 5.69 Å². The maximum Gasteiger partial charge on any atom is 0.338 e. The molecular weight excluding hydrogens is 498 g/mol. The monoisotopic (exact) mass is 525 g/mol. The van der Waals surface area contributed by atoms with Gasteiger partial charge in [-0.1, -0.05) is 41.1 Å². The molecule has 7 nitrogen and oxygen atoms in total. The van der Waals surface area contributed by atoms with Gasteiger partial charge in [-0.05, 0) is 62.2 Å². The van der Waals surface area contributed by atoms with E-state index in [1.807, 2.05) is 56.3 Å². The zero-order chi connectivity index (χ0) is 26.0. The number of fused-ring (bicyclic) bond motifs is 1. The number of nitrogens with zero attached hydrogens (tertiary/aromatic N) is 3. The van der Waals surface area contributed by atoms with Crippen LogP contribution in [-0.2, 0) is 9.53 Å². The molecule has 36 heavy (non-hydrogen) atoms. The summed E-state index contributed by atoms with van der Waals surface area (Å²) >= 11 is 7.63. The molecule has 0 amide bonds. The molecule has 3 aromatic rings. The average Bonchev–Trinajstić information content (AvgIpc) is 3.14. The van der Waals surface area contributed by atoms with Crippen LogP contribution < -0.4 is 24.5 Å². The highest BCUT2D eigenvalue weighted by Gasteiger charge is 2.33. The average molecular weight is 526 g/mol. The lowest BCUT2D eigenvalue weighted by atomic mass is 9.95. The van der Waals surface area contributed by atoms with Crippen molar-refractivity contribution in [3.63, 3.8) is 0 Å². The van der Waals surface area contributed by atoms with Gasteiger partial charge in [-0.15, -0.1) is 0 Å². The summed E-state index contributed by atoms with van der Waals surface area (Å²) in [5.41, 5.74) is 3.23. The fourth-order valence-corrected chi connectivity index (χ4v) is 5.38. The number of carbonyl (C=O) groups is 1. The smallest absolute Gasteiger partial charge is 0.338 e. The Morgan fingerprint density at radius 1 is 1.17 bits per heavy atom. The van der Waals surface area contributed by atoms with Crippen LogP contribution in [0.5, 0.6) is 5.75 Å². The van der Waals surface area contributed by atoms with Crippen molar-refractivity contribution in [1.29, 1.82) is 0 Å². The first kappa shape index (κ1) is 25.7. The van der Waals surface area contributed by atoms with Crippen LogP contribution in [0.3, 0.4) is 0 Å². The molecule has 2 heterocycles. The Labute approximate surface area is 218 Å². The molecule has 0 saturated carbocycles.